The summed E-state index contributed by atoms with van der Waals surface area (Å²) in [5.74, 6) is 0.00707. The van der Waals surface area contributed by atoms with Crippen molar-refractivity contribution in [3.63, 3.8) is 0 Å². The van der Waals surface area contributed by atoms with Gasteiger partial charge in [0.05, 0.1) is 6.42 Å². The zero-order valence-corrected chi connectivity index (χ0v) is 13.6. The Morgan fingerprint density at radius 1 is 1.05 bits per heavy atom. The van der Waals surface area contributed by atoms with Crippen molar-refractivity contribution >= 4 is 38.9 Å². The zero-order chi connectivity index (χ0) is 15.4. The molecule has 1 heterocycles. The predicted molar refractivity (Wildman–Crippen MR) is 93.7 cm³/mol. The number of carbonyl (C=O) groups is 1. The largest absolute Gasteiger partial charge is 0.355 e. The van der Waals surface area contributed by atoms with E-state index in [2.05, 4.69) is 28.9 Å². The summed E-state index contributed by atoms with van der Waals surface area (Å²) in [5.41, 5.74) is 2.15. The van der Waals surface area contributed by atoms with Gasteiger partial charge in [-0.3, -0.25) is 4.79 Å². The van der Waals surface area contributed by atoms with E-state index in [0.717, 1.165) is 12.0 Å². The topological polar surface area (TPSA) is 29.1 Å². The van der Waals surface area contributed by atoms with Gasteiger partial charge < -0.3 is 5.32 Å². The SMILES string of the molecule is O=C(Cc1ccccc1Cl)NCCc1csc2ccccc12. The van der Waals surface area contributed by atoms with Gasteiger partial charge in [-0.05, 0) is 40.4 Å². The summed E-state index contributed by atoms with van der Waals surface area (Å²) in [6, 6.07) is 15.8. The molecule has 1 amide bonds. The molecular formula is C18H16ClNOS. The van der Waals surface area contributed by atoms with Crippen LogP contribution in [0.1, 0.15) is 11.1 Å². The van der Waals surface area contributed by atoms with Crippen molar-refractivity contribution in [1.29, 1.82) is 0 Å². The van der Waals surface area contributed by atoms with E-state index in [0.29, 0.717) is 18.0 Å². The number of hydrogen-bond acceptors (Lipinski definition) is 2. The molecule has 1 N–H and O–H groups in total. The molecule has 0 bridgehead atoms. The Kier molecular flexibility index (Phi) is 4.76. The molecule has 0 saturated heterocycles. The van der Waals surface area contributed by atoms with Gasteiger partial charge in [0.2, 0.25) is 5.91 Å². The van der Waals surface area contributed by atoms with Crippen molar-refractivity contribution in [3.05, 3.63) is 70.1 Å². The molecule has 0 aliphatic rings. The van der Waals surface area contributed by atoms with Crippen molar-refractivity contribution in [2.75, 3.05) is 6.54 Å². The monoisotopic (exact) mass is 329 g/mol. The van der Waals surface area contributed by atoms with Crippen LogP contribution in [0, 0.1) is 0 Å². The van der Waals surface area contributed by atoms with Gasteiger partial charge in [-0.15, -0.1) is 11.3 Å². The zero-order valence-electron chi connectivity index (χ0n) is 12.0. The summed E-state index contributed by atoms with van der Waals surface area (Å²) in [4.78, 5) is 12.0. The summed E-state index contributed by atoms with van der Waals surface area (Å²) in [6.07, 6.45) is 1.17. The lowest BCUT2D eigenvalue weighted by atomic mass is 10.1. The van der Waals surface area contributed by atoms with Crippen LogP contribution in [0.15, 0.2) is 53.9 Å². The second-order valence-electron chi connectivity index (χ2n) is 5.13. The summed E-state index contributed by atoms with van der Waals surface area (Å²) >= 11 is 7.82. The van der Waals surface area contributed by atoms with Crippen LogP contribution >= 0.6 is 22.9 Å². The number of amides is 1. The third kappa shape index (κ3) is 3.49. The number of rotatable bonds is 5. The molecule has 0 radical (unpaired) electrons. The maximum atomic E-state index is 12.0. The molecule has 112 valence electrons. The fourth-order valence-electron chi connectivity index (χ4n) is 2.44. The standard InChI is InChI=1S/C18H16ClNOS/c19-16-7-3-1-5-13(16)11-18(21)20-10-9-14-12-22-17-8-4-2-6-15(14)17/h1-8,12H,9-11H2,(H,20,21). The van der Waals surface area contributed by atoms with Gasteiger partial charge >= 0.3 is 0 Å². The Balaban J connectivity index is 1.55. The van der Waals surface area contributed by atoms with E-state index < -0.39 is 0 Å². The van der Waals surface area contributed by atoms with Gasteiger partial charge in [-0.2, -0.15) is 0 Å². The molecule has 2 nitrogen and oxygen atoms in total. The Bertz CT molecular complexity index is 796. The average molecular weight is 330 g/mol. The van der Waals surface area contributed by atoms with Crippen LogP contribution in [0.25, 0.3) is 10.1 Å². The van der Waals surface area contributed by atoms with Gasteiger partial charge in [0.1, 0.15) is 0 Å². The number of halogens is 1. The van der Waals surface area contributed by atoms with Crippen LogP contribution in [0.5, 0.6) is 0 Å². The van der Waals surface area contributed by atoms with E-state index in [1.165, 1.54) is 15.6 Å². The molecule has 0 unspecified atom stereocenters. The smallest absolute Gasteiger partial charge is 0.224 e. The molecule has 0 fully saturated rings. The summed E-state index contributed by atoms with van der Waals surface area (Å²) in [7, 11) is 0. The highest BCUT2D eigenvalue weighted by atomic mass is 35.5. The van der Waals surface area contributed by atoms with E-state index in [9.17, 15) is 4.79 Å². The van der Waals surface area contributed by atoms with E-state index in [-0.39, 0.29) is 5.91 Å². The van der Waals surface area contributed by atoms with Gasteiger partial charge in [-0.1, -0.05) is 48.0 Å². The normalized spacial score (nSPS) is 10.8. The van der Waals surface area contributed by atoms with Crippen molar-refractivity contribution < 1.29 is 4.79 Å². The molecule has 0 saturated carbocycles. The second-order valence-corrected chi connectivity index (χ2v) is 6.44. The fraction of sp³-hybridized carbons (Fsp3) is 0.167. The van der Waals surface area contributed by atoms with E-state index in [1.807, 2.05) is 30.3 Å². The van der Waals surface area contributed by atoms with Crippen LogP contribution < -0.4 is 5.32 Å². The second kappa shape index (κ2) is 6.95. The summed E-state index contributed by atoms with van der Waals surface area (Å²) < 4.78 is 1.29. The highest BCUT2D eigenvalue weighted by Crippen LogP contribution is 2.25. The van der Waals surface area contributed by atoms with Gasteiger partial charge in [-0.25, -0.2) is 0 Å². The molecule has 1 aromatic heterocycles. The molecule has 0 aliphatic heterocycles. The van der Waals surface area contributed by atoms with Crippen LogP contribution in [0.3, 0.4) is 0 Å². The van der Waals surface area contributed by atoms with E-state index in [1.54, 1.807) is 11.3 Å². The lowest BCUT2D eigenvalue weighted by molar-refractivity contribution is -0.120. The predicted octanol–water partition coefficient (Wildman–Crippen LogP) is 4.46. The van der Waals surface area contributed by atoms with Crippen molar-refractivity contribution in [2.24, 2.45) is 0 Å². The molecule has 2 aromatic carbocycles. The quantitative estimate of drug-likeness (QED) is 0.736. The Labute approximate surface area is 138 Å². The molecule has 4 heteroatoms. The van der Waals surface area contributed by atoms with Crippen LogP contribution in [-0.4, -0.2) is 12.5 Å². The lowest BCUT2D eigenvalue weighted by Crippen LogP contribution is -2.27. The van der Waals surface area contributed by atoms with Crippen LogP contribution in [0.4, 0.5) is 0 Å². The molecule has 0 atom stereocenters. The molecule has 3 rings (SSSR count). The minimum atomic E-state index is 0.00707. The number of carbonyl (C=O) groups excluding carboxylic acids is 1. The Morgan fingerprint density at radius 3 is 2.68 bits per heavy atom. The third-order valence-electron chi connectivity index (χ3n) is 3.59. The minimum absolute atomic E-state index is 0.00707. The first-order chi connectivity index (χ1) is 10.7. The van der Waals surface area contributed by atoms with E-state index in [4.69, 9.17) is 11.6 Å². The lowest BCUT2D eigenvalue weighted by Gasteiger charge is -2.06. The molecule has 3 aromatic rings. The molecular weight excluding hydrogens is 314 g/mol. The van der Waals surface area contributed by atoms with Crippen LogP contribution in [-0.2, 0) is 17.6 Å². The Hall–Kier alpha value is -1.84. The maximum Gasteiger partial charge on any atom is 0.224 e. The molecule has 0 spiro atoms. The van der Waals surface area contributed by atoms with Gasteiger partial charge in [0.25, 0.3) is 0 Å². The maximum absolute atomic E-state index is 12.0. The Morgan fingerprint density at radius 2 is 1.82 bits per heavy atom. The summed E-state index contributed by atoms with van der Waals surface area (Å²) in [5, 5.41) is 7.07. The number of hydrogen-bond donors (Lipinski definition) is 1. The molecule has 22 heavy (non-hydrogen) atoms. The van der Waals surface area contributed by atoms with Crippen molar-refractivity contribution in [1.82, 2.24) is 5.32 Å². The van der Waals surface area contributed by atoms with E-state index >= 15 is 0 Å². The third-order valence-corrected chi connectivity index (χ3v) is 4.97. The minimum Gasteiger partial charge on any atom is -0.355 e. The molecule has 0 aliphatic carbocycles. The average Bonchev–Trinajstić information content (AvgIpc) is 2.93. The first kappa shape index (κ1) is 15.1. The fourth-order valence-corrected chi connectivity index (χ4v) is 3.64. The number of fused-ring (bicyclic) bond motifs is 1. The number of benzene rings is 2. The van der Waals surface area contributed by atoms with Gasteiger partial charge in [0, 0.05) is 16.3 Å². The first-order valence-corrected chi connectivity index (χ1v) is 8.45. The highest BCUT2D eigenvalue weighted by molar-refractivity contribution is 7.17. The van der Waals surface area contributed by atoms with Crippen LogP contribution in [0.2, 0.25) is 5.02 Å². The summed E-state index contributed by atoms with van der Waals surface area (Å²) in [6.45, 7) is 0.643. The van der Waals surface area contributed by atoms with Crippen molar-refractivity contribution in [2.45, 2.75) is 12.8 Å². The number of thiophene rings is 1. The van der Waals surface area contributed by atoms with Gasteiger partial charge in [0.15, 0.2) is 0 Å². The van der Waals surface area contributed by atoms with Crippen molar-refractivity contribution in [3.8, 4) is 0 Å². The highest BCUT2D eigenvalue weighted by Gasteiger charge is 2.07. The first-order valence-electron chi connectivity index (χ1n) is 7.19. The number of nitrogens with one attached hydrogen (secondary N) is 1.